The first kappa shape index (κ1) is 15.7. The number of anilines is 1. The van der Waals surface area contributed by atoms with Gasteiger partial charge in [-0.05, 0) is 25.3 Å². The molecule has 21 heavy (non-hydrogen) atoms. The van der Waals surface area contributed by atoms with Crippen LogP contribution in [-0.4, -0.2) is 34.1 Å². The molecule has 1 N–H and O–H groups in total. The summed E-state index contributed by atoms with van der Waals surface area (Å²) in [7, 11) is 0. The zero-order chi connectivity index (χ0) is 15.1. The number of rotatable bonds is 7. The minimum atomic E-state index is -0.373. The van der Waals surface area contributed by atoms with Crippen LogP contribution in [0.15, 0.2) is 18.3 Å². The van der Waals surface area contributed by atoms with Gasteiger partial charge >= 0.3 is 5.69 Å². The number of nitro groups is 1. The van der Waals surface area contributed by atoms with E-state index in [1.165, 1.54) is 25.3 Å². The maximum absolute atomic E-state index is 11.1. The molecular weight excluding hydrogens is 268 g/mol. The molecule has 1 aliphatic rings. The van der Waals surface area contributed by atoms with Gasteiger partial charge in [0.15, 0.2) is 0 Å². The fourth-order valence-electron chi connectivity index (χ4n) is 2.79. The molecule has 1 fully saturated rings. The third kappa shape index (κ3) is 4.39. The lowest BCUT2D eigenvalue weighted by molar-refractivity contribution is -0.384. The molecule has 0 saturated carbocycles. The first-order valence-electron chi connectivity index (χ1n) is 7.82. The normalized spacial score (nSPS) is 17.4. The molecule has 6 heteroatoms. The van der Waals surface area contributed by atoms with Gasteiger partial charge in [0, 0.05) is 25.4 Å². The lowest BCUT2D eigenvalue weighted by Gasteiger charge is -2.35. The second kappa shape index (κ2) is 7.93. The molecule has 6 nitrogen and oxygen atoms in total. The molecule has 0 aromatic carbocycles. The Bertz CT molecular complexity index is 461. The van der Waals surface area contributed by atoms with Gasteiger partial charge < -0.3 is 5.32 Å². The molecular formula is C15H24N4O2. The van der Waals surface area contributed by atoms with Crippen molar-refractivity contribution < 1.29 is 4.92 Å². The van der Waals surface area contributed by atoms with Crippen LogP contribution in [-0.2, 0) is 0 Å². The van der Waals surface area contributed by atoms with E-state index < -0.39 is 0 Å². The molecule has 116 valence electrons. The van der Waals surface area contributed by atoms with Crippen LogP contribution in [0, 0.1) is 10.1 Å². The topological polar surface area (TPSA) is 71.3 Å². The van der Waals surface area contributed by atoms with Crippen molar-refractivity contribution in [2.75, 3.05) is 18.4 Å². The van der Waals surface area contributed by atoms with Gasteiger partial charge in [-0.15, -0.1) is 0 Å². The number of nitrogens with one attached hydrogen (secondary N) is 1. The second-order valence-corrected chi connectivity index (χ2v) is 5.53. The number of piperidine rings is 1. The van der Waals surface area contributed by atoms with Gasteiger partial charge in [-0.25, -0.2) is 4.98 Å². The molecule has 0 amide bonds. The van der Waals surface area contributed by atoms with Gasteiger partial charge in [0.25, 0.3) is 0 Å². The molecule has 2 rings (SSSR count). The molecule has 1 atom stereocenters. The van der Waals surface area contributed by atoms with Crippen molar-refractivity contribution in [2.45, 2.75) is 51.6 Å². The van der Waals surface area contributed by atoms with Crippen molar-refractivity contribution in [2.24, 2.45) is 0 Å². The van der Waals surface area contributed by atoms with Gasteiger partial charge in [-0.1, -0.05) is 26.2 Å². The molecule has 1 saturated heterocycles. The average molecular weight is 292 g/mol. The highest BCUT2D eigenvalue weighted by Gasteiger charge is 2.23. The van der Waals surface area contributed by atoms with Crippen molar-refractivity contribution in [1.29, 1.82) is 0 Å². The molecule has 1 aromatic rings. The molecule has 0 radical (unpaired) electrons. The summed E-state index contributed by atoms with van der Waals surface area (Å²) in [4.78, 5) is 17.3. The largest absolute Gasteiger partial charge is 0.349 e. The van der Waals surface area contributed by atoms with Crippen molar-refractivity contribution in [3.63, 3.8) is 0 Å². The van der Waals surface area contributed by atoms with E-state index in [9.17, 15) is 10.1 Å². The Labute approximate surface area is 125 Å². The minimum absolute atomic E-state index is 0.0519. The van der Waals surface area contributed by atoms with Crippen molar-refractivity contribution in [3.05, 3.63) is 28.4 Å². The number of likely N-dealkylation sites (tertiary alicyclic amines) is 1. The molecule has 0 aliphatic carbocycles. The number of hydrogen-bond acceptors (Lipinski definition) is 5. The van der Waals surface area contributed by atoms with Crippen molar-refractivity contribution >= 4 is 11.5 Å². The summed E-state index contributed by atoms with van der Waals surface area (Å²) in [5, 5.41) is 14.4. The van der Waals surface area contributed by atoms with E-state index in [0.29, 0.717) is 5.82 Å². The first-order valence-corrected chi connectivity index (χ1v) is 7.82. The molecule has 0 spiro atoms. The van der Waals surface area contributed by atoms with Crippen molar-refractivity contribution in [1.82, 2.24) is 9.88 Å². The highest BCUT2D eigenvalue weighted by molar-refractivity contribution is 5.55. The van der Waals surface area contributed by atoms with E-state index in [2.05, 4.69) is 22.1 Å². The van der Waals surface area contributed by atoms with Crippen LogP contribution in [0.3, 0.4) is 0 Å². The summed E-state index contributed by atoms with van der Waals surface area (Å²) in [6, 6.07) is 3.10. The number of hydrogen-bond donors (Lipinski definition) is 1. The van der Waals surface area contributed by atoms with E-state index in [0.717, 1.165) is 32.4 Å². The lowest BCUT2D eigenvalue weighted by atomic mass is 10.1. The SMILES string of the molecule is CCCCC(Nc1ncccc1[N+](=O)[O-])N1CCCCC1. The predicted molar refractivity (Wildman–Crippen MR) is 83.3 cm³/mol. The van der Waals surface area contributed by atoms with Gasteiger partial charge in [-0.2, -0.15) is 0 Å². The highest BCUT2D eigenvalue weighted by atomic mass is 16.6. The van der Waals surface area contributed by atoms with Crippen LogP contribution in [0.4, 0.5) is 11.5 Å². The summed E-state index contributed by atoms with van der Waals surface area (Å²) >= 11 is 0. The maximum Gasteiger partial charge on any atom is 0.311 e. The van der Waals surface area contributed by atoms with E-state index in [4.69, 9.17) is 0 Å². The van der Waals surface area contributed by atoms with Crippen LogP contribution in [0.2, 0.25) is 0 Å². The Morgan fingerprint density at radius 1 is 1.43 bits per heavy atom. The third-order valence-electron chi connectivity index (χ3n) is 3.95. The fourth-order valence-corrected chi connectivity index (χ4v) is 2.79. The summed E-state index contributed by atoms with van der Waals surface area (Å²) in [5.41, 5.74) is 0.0519. The fraction of sp³-hybridized carbons (Fsp3) is 0.667. The zero-order valence-electron chi connectivity index (χ0n) is 12.6. The molecule has 1 aliphatic heterocycles. The van der Waals surface area contributed by atoms with E-state index >= 15 is 0 Å². The molecule has 2 heterocycles. The van der Waals surface area contributed by atoms with Crippen LogP contribution < -0.4 is 5.32 Å². The summed E-state index contributed by atoms with van der Waals surface area (Å²) in [5.74, 6) is 0.383. The molecule has 1 unspecified atom stereocenters. The van der Waals surface area contributed by atoms with Crippen molar-refractivity contribution in [3.8, 4) is 0 Å². The quantitative estimate of drug-likeness (QED) is 0.616. The maximum atomic E-state index is 11.1. The van der Waals surface area contributed by atoms with Gasteiger partial charge in [0.1, 0.15) is 0 Å². The van der Waals surface area contributed by atoms with E-state index in [1.807, 2.05) is 0 Å². The Balaban J connectivity index is 2.12. The monoisotopic (exact) mass is 292 g/mol. The second-order valence-electron chi connectivity index (χ2n) is 5.53. The zero-order valence-corrected chi connectivity index (χ0v) is 12.6. The summed E-state index contributed by atoms with van der Waals surface area (Å²) in [6.45, 7) is 4.28. The number of aromatic nitrogens is 1. The van der Waals surface area contributed by atoms with Gasteiger partial charge in [0.2, 0.25) is 5.82 Å². The van der Waals surface area contributed by atoms with E-state index in [1.54, 1.807) is 12.3 Å². The standard InChI is InChI=1S/C15H24N4O2/c1-2-3-9-14(18-11-5-4-6-12-18)17-15-13(19(20)21)8-7-10-16-15/h7-8,10,14H,2-6,9,11-12H2,1H3,(H,16,17). The first-order chi connectivity index (χ1) is 10.2. The minimum Gasteiger partial charge on any atom is -0.349 e. The smallest absolute Gasteiger partial charge is 0.311 e. The third-order valence-corrected chi connectivity index (χ3v) is 3.95. The Morgan fingerprint density at radius 3 is 2.86 bits per heavy atom. The molecule has 0 bridgehead atoms. The Hall–Kier alpha value is -1.69. The lowest BCUT2D eigenvalue weighted by Crippen LogP contribution is -2.44. The number of unbranched alkanes of at least 4 members (excludes halogenated alkanes) is 1. The highest BCUT2D eigenvalue weighted by Crippen LogP contribution is 2.24. The van der Waals surface area contributed by atoms with Gasteiger partial charge in [0.05, 0.1) is 11.1 Å². The van der Waals surface area contributed by atoms with Crippen LogP contribution in [0.1, 0.15) is 45.4 Å². The van der Waals surface area contributed by atoms with Crippen LogP contribution >= 0.6 is 0 Å². The summed E-state index contributed by atoms with van der Waals surface area (Å²) in [6.07, 6.45) is 8.64. The predicted octanol–water partition coefficient (Wildman–Crippen LogP) is 3.40. The van der Waals surface area contributed by atoms with Crippen LogP contribution in [0.25, 0.3) is 0 Å². The molecule has 1 aromatic heterocycles. The summed E-state index contributed by atoms with van der Waals surface area (Å²) < 4.78 is 0. The number of pyridine rings is 1. The van der Waals surface area contributed by atoms with Crippen LogP contribution in [0.5, 0.6) is 0 Å². The van der Waals surface area contributed by atoms with E-state index in [-0.39, 0.29) is 16.8 Å². The van der Waals surface area contributed by atoms with Gasteiger partial charge in [-0.3, -0.25) is 15.0 Å². The Morgan fingerprint density at radius 2 is 2.19 bits per heavy atom. The Kier molecular flexibility index (Phi) is 5.92. The number of nitrogens with zero attached hydrogens (tertiary/aromatic N) is 3. The average Bonchev–Trinajstić information content (AvgIpc) is 2.52.